The molecule has 0 spiro atoms. The molecule has 4 aromatic rings. The topological polar surface area (TPSA) is 84.0 Å². The van der Waals surface area contributed by atoms with Gasteiger partial charge in [0.25, 0.3) is 10.0 Å². The maximum atomic E-state index is 12.9. The molecular weight excluding hydrogens is 443 g/mol. The minimum absolute atomic E-state index is 0.0230. The second kappa shape index (κ2) is 8.10. The average molecular weight is 459 g/mol. The molecule has 152 valence electrons. The molecule has 0 fully saturated rings. The van der Waals surface area contributed by atoms with Crippen molar-refractivity contribution >= 4 is 61.6 Å². The molecular formula is C21H16Cl2N4O2S. The number of nitrogens with zero attached hydrogens (tertiary/aromatic N) is 2. The molecule has 0 amide bonds. The van der Waals surface area contributed by atoms with Crippen LogP contribution in [0.2, 0.25) is 10.0 Å². The zero-order valence-electron chi connectivity index (χ0n) is 15.7. The standard InChI is InChI=1S/C21H16Cl2N4O2S/c1-13-9-10-15(23)12-19(13)26-20-21(25-18-8-3-2-7-17(18)24-20)27-30(28,29)16-6-4-5-14(22)11-16/h2-12H,1H3,(H,24,26)(H,25,27). The molecule has 3 aromatic carbocycles. The summed E-state index contributed by atoms with van der Waals surface area (Å²) < 4.78 is 28.4. The molecule has 30 heavy (non-hydrogen) atoms. The van der Waals surface area contributed by atoms with E-state index in [1.807, 2.05) is 19.1 Å². The molecule has 0 aliphatic heterocycles. The maximum Gasteiger partial charge on any atom is 0.263 e. The zero-order valence-corrected chi connectivity index (χ0v) is 18.1. The number of fused-ring (bicyclic) bond motifs is 1. The second-order valence-corrected chi connectivity index (χ2v) is 9.11. The lowest BCUT2D eigenvalue weighted by molar-refractivity contribution is 0.601. The Morgan fingerprint density at radius 1 is 0.800 bits per heavy atom. The lowest BCUT2D eigenvalue weighted by atomic mass is 10.2. The molecule has 0 bridgehead atoms. The van der Waals surface area contributed by atoms with Crippen LogP contribution in [-0.4, -0.2) is 18.4 Å². The van der Waals surface area contributed by atoms with Crippen LogP contribution < -0.4 is 10.0 Å². The lowest BCUT2D eigenvalue weighted by Gasteiger charge is -2.15. The number of anilines is 3. The summed E-state index contributed by atoms with van der Waals surface area (Å²) in [4.78, 5) is 9.07. The third kappa shape index (κ3) is 4.33. The number of halogens is 2. The van der Waals surface area contributed by atoms with Gasteiger partial charge in [0.1, 0.15) is 0 Å². The average Bonchev–Trinajstić information content (AvgIpc) is 2.71. The summed E-state index contributed by atoms with van der Waals surface area (Å²) in [5, 5.41) is 4.00. The van der Waals surface area contributed by atoms with E-state index < -0.39 is 10.0 Å². The number of aryl methyl sites for hydroxylation is 1. The normalized spacial score (nSPS) is 11.4. The molecule has 9 heteroatoms. The number of hydrogen-bond donors (Lipinski definition) is 2. The number of para-hydroxylation sites is 2. The van der Waals surface area contributed by atoms with Gasteiger partial charge in [-0.15, -0.1) is 0 Å². The van der Waals surface area contributed by atoms with Crippen LogP contribution in [0.15, 0.2) is 71.6 Å². The first kappa shape index (κ1) is 20.4. The number of hydrogen-bond acceptors (Lipinski definition) is 5. The summed E-state index contributed by atoms with van der Waals surface area (Å²) in [5.74, 6) is 0.317. The van der Waals surface area contributed by atoms with Crippen LogP contribution in [0.5, 0.6) is 0 Å². The molecule has 6 nitrogen and oxygen atoms in total. The lowest BCUT2D eigenvalue weighted by Crippen LogP contribution is -2.16. The van der Waals surface area contributed by atoms with Crippen LogP contribution in [0.3, 0.4) is 0 Å². The predicted molar refractivity (Wildman–Crippen MR) is 121 cm³/mol. The predicted octanol–water partition coefficient (Wildman–Crippen LogP) is 5.79. The molecule has 0 aliphatic rings. The highest BCUT2D eigenvalue weighted by atomic mass is 35.5. The van der Waals surface area contributed by atoms with Gasteiger partial charge in [-0.25, -0.2) is 18.4 Å². The SMILES string of the molecule is Cc1ccc(Cl)cc1Nc1nc2ccccc2nc1NS(=O)(=O)c1cccc(Cl)c1. The van der Waals surface area contributed by atoms with Gasteiger partial charge in [-0.3, -0.25) is 4.72 Å². The van der Waals surface area contributed by atoms with Crippen molar-refractivity contribution in [2.45, 2.75) is 11.8 Å². The fourth-order valence-electron chi connectivity index (χ4n) is 2.84. The molecule has 0 unspecified atom stereocenters. The Hall–Kier alpha value is -2.87. The number of nitrogens with one attached hydrogen (secondary N) is 2. The van der Waals surface area contributed by atoms with Gasteiger partial charge in [-0.2, -0.15) is 0 Å². The molecule has 1 aromatic heterocycles. The van der Waals surface area contributed by atoms with Gasteiger partial charge in [-0.05, 0) is 55.0 Å². The highest BCUT2D eigenvalue weighted by molar-refractivity contribution is 7.92. The summed E-state index contributed by atoms with van der Waals surface area (Å²) in [6, 6.07) is 18.6. The van der Waals surface area contributed by atoms with Crippen molar-refractivity contribution in [1.82, 2.24) is 9.97 Å². The smallest absolute Gasteiger partial charge is 0.263 e. The third-order valence-electron chi connectivity index (χ3n) is 4.36. The van der Waals surface area contributed by atoms with E-state index in [4.69, 9.17) is 23.2 Å². The third-order valence-corrected chi connectivity index (χ3v) is 6.17. The Morgan fingerprint density at radius 3 is 2.17 bits per heavy atom. The molecule has 0 radical (unpaired) electrons. The molecule has 0 saturated heterocycles. The first-order valence-corrected chi connectivity index (χ1v) is 11.1. The molecule has 2 N–H and O–H groups in total. The first-order chi connectivity index (χ1) is 14.3. The Morgan fingerprint density at radius 2 is 1.47 bits per heavy atom. The van der Waals surface area contributed by atoms with Gasteiger partial charge in [-0.1, -0.05) is 47.5 Å². The van der Waals surface area contributed by atoms with E-state index in [9.17, 15) is 8.42 Å². The second-order valence-electron chi connectivity index (χ2n) is 6.56. The van der Waals surface area contributed by atoms with Crippen molar-refractivity contribution in [3.05, 3.63) is 82.3 Å². The molecule has 1 heterocycles. The van der Waals surface area contributed by atoms with Crippen LogP contribution >= 0.6 is 23.2 Å². The van der Waals surface area contributed by atoms with Crippen molar-refractivity contribution < 1.29 is 8.42 Å². The van der Waals surface area contributed by atoms with Crippen LogP contribution in [0.25, 0.3) is 11.0 Å². The number of aromatic nitrogens is 2. The van der Waals surface area contributed by atoms with E-state index in [-0.39, 0.29) is 16.5 Å². The van der Waals surface area contributed by atoms with Crippen LogP contribution in [0.1, 0.15) is 5.56 Å². The van der Waals surface area contributed by atoms with Gasteiger partial charge in [0.15, 0.2) is 11.6 Å². The van der Waals surface area contributed by atoms with Crippen molar-refractivity contribution in [1.29, 1.82) is 0 Å². The molecule has 0 atom stereocenters. The van der Waals surface area contributed by atoms with Gasteiger partial charge in [0.05, 0.1) is 15.9 Å². The Labute approximate surface area is 183 Å². The minimum atomic E-state index is -3.94. The molecule has 4 rings (SSSR count). The van der Waals surface area contributed by atoms with Crippen molar-refractivity contribution in [2.24, 2.45) is 0 Å². The number of rotatable bonds is 5. The van der Waals surface area contributed by atoms with Crippen LogP contribution in [-0.2, 0) is 10.0 Å². The monoisotopic (exact) mass is 458 g/mol. The quantitative estimate of drug-likeness (QED) is 0.395. The molecule has 0 saturated carbocycles. The zero-order chi connectivity index (χ0) is 21.3. The first-order valence-electron chi connectivity index (χ1n) is 8.90. The minimum Gasteiger partial charge on any atom is -0.337 e. The number of sulfonamides is 1. The van der Waals surface area contributed by atoms with Crippen LogP contribution in [0, 0.1) is 6.92 Å². The maximum absolute atomic E-state index is 12.9. The fraction of sp³-hybridized carbons (Fsp3) is 0.0476. The number of benzene rings is 3. The summed E-state index contributed by atoms with van der Waals surface area (Å²) >= 11 is 12.1. The van der Waals surface area contributed by atoms with E-state index in [2.05, 4.69) is 20.0 Å². The van der Waals surface area contributed by atoms with Crippen molar-refractivity contribution in [2.75, 3.05) is 10.0 Å². The van der Waals surface area contributed by atoms with Crippen molar-refractivity contribution in [3.8, 4) is 0 Å². The largest absolute Gasteiger partial charge is 0.337 e. The highest BCUT2D eigenvalue weighted by Crippen LogP contribution is 2.30. The summed E-state index contributed by atoms with van der Waals surface area (Å²) in [6.07, 6.45) is 0. The van der Waals surface area contributed by atoms with Gasteiger partial charge in [0.2, 0.25) is 0 Å². The Balaban J connectivity index is 1.81. The van der Waals surface area contributed by atoms with Gasteiger partial charge >= 0.3 is 0 Å². The fourth-order valence-corrected chi connectivity index (χ4v) is 4.32. The van der Waals surface area contributed by atoms with E-state index in [1.165, 1.54) is 12.1 Å². The van der Waals surface area contributed by atoms with Crippen molar-refractivity contribution in [3.63, 3.8) is 0 Å². The summed E-state index contributed by atoms with van der Waals surface area (Å²) in [5.41, 5.74) is 2.77. The molecule has 0 aliphatic carbocycles. The van der Waals surface area contributed by atoms with Crippen LogP contribution in [0.4, 0.5) is 17.3 Å². The van der Waals surface area contributed by atoms with E-state index >= 15 is 0 Å². The van der Waals surface area contributed by atoms with Gasteiger partial charge in [0, 0.05) is 15.7 Å². The highest BCUT2D eigenvalue weighted by Gasteiger charge is 2.19. The van der Waals surface area contributed by atoms with E-state index in [0.717, 1.165) is 5.56 Å². The Bertz CT molecular complexity index is 1360. The Kier molecular flexibility index (Phi) is 5.51. The van der Waals surface area contributed by atoms with E-state index in [1.54, 1.807) is 42.5 Å². The van der Waals surface area contributed by atoms with E-state index in [0.29, 0.717) is 26.8 Å². The van der Waals surface area contributed by atoms with Gasteiger partial charge < -0.3 is 5.32 Å². The summed E-state index contributed by atoms with van der Waals surface area (Å²) in [7, 11) is -3.94. The summed E-state index contributed by atoms with van der Waals surface area (Å²) in [6.45, 7) is 1.91.